The molecule has 0 spiro atoms. The monoisotopic (exact) mass is 211 g/mol. The summed E-state index contributed by atoms with van der Waals surface area (Å²) in [5, 5.41) is 0.530. The fourth-order valence-corrected chi connectivity index (χ4v) is 2.57. The van der Waals surface area contributed by atoms with Crippen molar-refractivity contribution in [1.29, 1.82) is 0 Å². The zero-order valence-corrected chi connectivity index (χ0v) is 8.92. The van der Waals surface area contributed by atoms with Crippen molar-refractivity contribution in [3.05, 3.63) is 24.2 Å². The molecule has 76 valence electrons. The number of amides is 1. The van der Waals surface area contributed by atoms with E-state index in [4.69, 9.17) is 4.42 Å². The van der Waals surface area contributed by atoms with Crippen LogP contribution in [0.3, 0.4) is 0 Å². The normalized spacial score (nSPS) is 22.4. The molecule has 2 heterocycles. The molecule has 1 saturated heterocycles. The SMILES string of the molecule is CC1CN(C(=O)c2ccco2)CCS1. The van der Waals surface area contributed by atoms with Gasteiger partial charge in [0, 0.05) is 24.1 Å². The van der Waals surface area contributed by atoms with Crippen LogP contribution in [0.2, 0.25) is 0 Å². The van der Waals surface area contributed by atoms with Gasteiger partial charge in [0.1, 0.15) is 0 Å². The third kappa shape index (κ3) is 1.95. The first-order chi connectivity index (χ1) is 6.77. The van der Waals surface area contributed by atoms with Crippen LogP contribution in [-0.4, -0.2) is 34.9 Å². The predicted octanol–water partition coefficient (Wildman–Crippen LogP) is 1.86. The van der Waals surface area contributed by atoms with Crippen LogP contribution in [0.1, 0.15) is 17.5 Å². The number of rotatable bonds is 1. The molecule has 1 unspecified atom stereocenters. The Kier molecular flexibility index (Phi) is 2.82. The van der Waals surface area contributed by atoms with Crippen molar-refractivity contribution in [2.75, 3.05) is 18.8 Å². The zero-order chi connectivity index (χ0) is 9.97. The van der Waals surface area contributed by atoms with Crippen LogP contribution in [-0.2, 0) is 0 Å². The van der Waals surface area contributed by atoms with E-state index in [1.165, 1.54) is 6.26 Å². The van der Waals surface area contributed by atoms with Gasteiger partial charge in [-0.25, -0.2) is 0 Å². The van der Waals surface area contributed by atoms with E-state index in [1.807, 2.05) is 16.7 Å². The summed E-state index contributed by atoms with van der Waals surface area (Å²) in [5.41, 5.74) is 0. The molecule has 0 radical (unpaired) electrons. The van der Waals surface area contributed by atoms with Crippen molar-refractivity contribution >= 4 is 17.7 Å². The lowest BCUT2D eigenvalue weighted by Crippen LogP contribution is -2.40. The highest BCUT2D eigenvalue weighted by Crippen LogP contribution is 2.19. The second-order valence-corrected chi connectivity index (χ2v) is 4.96. The van der Waals surface area contributed by atoms with Gasteiger partial charge in [-0.2, -0.15) is 11.8 Å². The topological polar surface area (TPSA) is 33.5 Å². The smallest absolute Gasteiger partial charge is 0.289 e. The minimum atomic E-state index is 0.0159. The standard InChI is InChI=1S/C10H13NO2S/c1-8-7-11(4-6-14-8)10(12)9-3-2-5-13-9/h2-3,5,8H,4,6-7H2,1H3. The molecule has 1 amide bonds. The maximum Gasteiger partial charge on any atom is 0.289 e. The summed E-state index contributed by atoms with van der Waals surface area (Å²) < 4.78 is 5.09. The molecular weight excluding hydrogens is 198 g/mol. The quantitative estimate of drug-likeness (QED) is 0.711. The highest BCUT2D eigenvalue weighted by molar-refractivity contribution is 7.99. The second-order valence-electron chi connectivity index (χ2n) is 3.41. The molecule has 4 heteroatoms. The minimum Gasteiger partial charge on any atom is -0.459 e. The van der Waals surface area contributed by atoms with Crippen LogP contribution in [0.15, 0.2) is 22.8 Å². The van der Waals surface area contributed by atoms with Crippen LogP contribution in [0.25, 0.3) is 0 Å². The average molecular weight is 211 g/mol. The van der Waals surface area contributed by atoms with E-state index in [-0.39, 0.29) is 5.91 Å². The van der Waals surface area contributed by atoms with Crippen molar-refractivity contribution in [2.24, 2.45) is 0 Å². The molecular formula is C10H13NO2S. The Bertz CT molecular complexity index is 310. The summed E-state index contributed by atoms with van der Waals surface area (Å²) >= 11 is 1.91. The molecule has 0 N–H and O–H groups in total. The van der Waals surface area contributed by atoms with Crippen molar-refractivity contribution in [1.82, 2.24) is 4.90 Å². The Labute approximate surface area is 87.5 Å². The molecule has 1 aliphatic rings. The molecule has 0 aliphatic carbocycles. The lowest BCUT2D eigenvalue weighted by Gasteiger charge is -2.29. The number of furan rings is 1. The summed E-state index contributed by atoms with van der Waals surface area (Å²) in [5.74, 6) is 1.49. The number of nitrogens with zero attached hydrogens (tertiary/aromatic N) is 1. The van der Waals surface area contributed by atoms with Gasteiger partial charge in [0.05, 0.1) is 6.26 Å². The average Bonchev–Trinajstić information content (AvgIpc) is 2.69. The van der Waals surface area contributed by atoms with Crippen LogP contribution in [0, 0.1) is 0 Å². The maximum atomic E-state index is 11.8. The van der Waals surface area contributed by atoms with Gasteiger partial charge in [0.25, 0.3) is 5.91 Å². The van der Waals surface area contributed by atoms with E-state index in [9.17, 15) is 4.79 Å². The molecule has 3 nitrogen and oxygen atoms in total. The molecule has 1 atom stereocenters. The van der Waals surface area contributed by atoms with Gasteiger partial charge in [0.15, 0.2) is 5.76 Å². The first-order valence-corrected chi connectivity index (χ1v) is 5.76. The third-order valence-corrected chi connectivity index (χ3v) is 3.40. The lowest BCUT2D eigenvalue weighted by molar-refractivity contribution is 0.0731. The summed E-state index contributed by atoms with van der Waals surface area (Å²) in [7, 11) is 0. The molecule has 1 aliphatic heterocycles. The van der Waals surface area contributed by atoms with E-state index < -0.39 is 0 Å². The number of hydrogen-bond acceptors (Lipinski definition) is 3. The second kappa shape index (κ2) is 4.09. The Morgan fingerprint density at radius 3 is 3.21 bits per heavy atom. The molecule has 1 fully saturated rings. The van der Waals surface area contributed by atoms with Crippen LogP contribution in [0.5, 0.6) is 0 Å². The number of carbonyl (C=O) groups is 1. The summed E-state index contributed by atoms with van der Waals surface area (Å²) in [4.78, 5) is 13.7. The molecule has 1 aromatic heterocycles. The van der Waals surface area contributed by atoms with Crippen molar-refractivity contribution in [2.45, 2.75) is 12.2 Å². The lowest BCUT2D eigenvalue weighted by atomic mass is 10.3. The highest BCUT2D eigenvalue weighted by atomic mass is 32.2. The van der Waals surface area contributed by atoms with Gasteiger partial charge < -0.3 is 9.32 Å². The minimum absolute atomic E-state index is 0.0159. The van der Waals surface area contributed by atoms with E-state index in [1.54, 1.807) is 12.1 Å². The maximum absolute atomic E-state index is 11.8. The van der Waals surface area contributed by atoms with Crippen LogP contribution < -0.4 is 0 Å². The number of carbonyl (C=O) groups excluding carboxylic acids is 1. The highest BCUT2D eigenvalue weighted by Gasteiger charge is 2.23. The van der Waals surface area contributed by atoms with Crippen molar-refractivity contribution in [3.8, 4) is 0 Å². The molecule has 2 rings (SSSR count). The molecule has 1 aromatic rings. The first kappa shape index (κ1) is 9.65. The van der Waals surface area contributed by atoms with Crippen molar-refractivity contribution in [3.63, 3.8) is 0 Å². The summed E-state index contributed by atoms with van der Waals surface area (Å²) in [6.45, 7) is 3.80. The fourth-order valence-electron chi connectivity index (χ4n) is 1.56. The number of thioether (sulfide) groups is 1. The summed E-state index contributed by atoms with van der Waals surface area (Å²) in [6, 6.07) is 3.46. The third-order valence-electron chi connectivity index (χ3n) is 2.26. The van der Waals surface area contributed by atoms with Gasteiger partial charge in [-0.15, -0.1) is 0 Å². The van der Waals surface area contributed by atoms with E-state index in [2.05, 4.69) is 6.92 Å². The van der Waals surface area contributed by atoms with Gasteiger partial charge in [-0.1, -0.05) is 6.92 Å². The fraction of sp³-hybridized carbons (Fsp3) is 0.500. The van der Waals surface area contributed by atoms with Gasteiger partial charge >= 0.3 is 0 Å². The van der Waals surface area contributed by atoms with E-state index >= 15 is 0 Å². The van der Waals surface area contributed by atoms with Gasteiger partial charge in [-0.3, -0.25) is 4.79 Å². The Morgan fingerprint density at radius 1 is 1.71 bits per heavy atom. The Balaban J connectivity index is 2.04. The van der Waals surface area contributed by atoms with Crippen LogP contribution in [0.4, 0.5) is 0 Å². The van der Waals surface area contributed by atoms with E-state index in [0.717, 1.165) is 18.8 Å². The largest absolute Gasteiger partial charge is 0.459 e. The molecule has 0 bridgehead atoms. The van der Waals surface area contributed by atoms with Gasteiger partial charge in [0.2, 0.25) is 0 Å². The molecule has 0 saturated carbocycles. The van der Waals surface area contributed by atoms with E-state index in [0.29, 0.717) is 11.0 Å². The van der Waals surface area contributed by atoms with Crippen LogP contribution >= 0.6 is 11.8 Å². The van der Waals surface area contributed by atoms with Gasteiger partial charge in [-0.05, 0) is 12.1 Å². The number of hydrogen-bond donors (Lipinski definition) is 0. The van der Waals surface area contributed by atoms with Crippen molar-refractivity contribution < 1.29 is 9.21 Å². The first-order valence-electron chi connectivity index (χ1n) is 4.72. The zero-order valence-electron chi connectivity index (χ0n) is 8.10. The molecule has 14 heavy (non-hydrogen) atoms. The predicted molar refractivity (Wildman–Crippen MR) is 56.5 cm³/mol. The Morgan fingerprint density at radius 2 is 2.57 bits per heavy atom. The Hall–Kier alpha value is -0.900. The summed E-state index contributed by atoms with van der Waals surface area (Å²) in [6.07, 6.45) is 1.54. The molecule has 0 aromatic carbocycles.